The molecule has 0 spiro atoms. The van der Waals surface area contributed by atoms with Crippen molar-refractivity contribution in [1.29, 1.82) is 0 Å². The SMILES string of the molecule is CCOc1cc(C(=O)Nc2cc[nH+]cc2)cc(OCC)c1OCC. The van der Waals surface area contributed by atoms with E-state index in [0.29, 0.717) is 48.3 Å². The lowest BCUT2D eigenvalue weighted by Crippen LogP contribution is -2.14. The summed E-state index contributed by atoms with van der Waals surface area (Å²) in [6.45, 7) is 7.05. The lowest BCUT2D eigenvalue weighted by Gasteiger charge is -2.17. The first kappa shape index (κ1) is 17.6. The molecular weight excluding hydrogens is 308 g/mol. The van der Waals surface area contributed by atoms with Crippen LogP contribution in [0.3, 0.4) is 0 Å². The van der Waals surface area contributed by atoms with Crippen LogP contribution in [0.5, 0.6) is 17.2 Å². The molecule has 0 radical (unpaired) electrons. The molecular formula is C18H23N2O4+. The summed E-state index contributed by atoms with van der Waals surface area (Å²) in [7, 11) is 0. The lowest BCUT2D eigenvalue weighted by atomic mass is 10.1. The van der Waals surface area contributed by atoms with Gasteiger partial charge >= 0.3 is 0 Å². The Labute approximate surface area is 141 Å². The van der Waals surface area contributed by atoms with Gasteiger partial charge in [0.15, 0.2) is 23.9 Å². The molecule has 1 aromatic carbocycles. The van der Waals surface area contributed by atoms with E-state index in [9.17, 15) is 4.79 Å². The van der Waals surface area contributed by atoms with Gasteiger partial charge in [0.1, 0.15) is 0 Å². The van der Waals surface area contributed by atoms with Crippen LogP contribution < -0.4 is 24.5 Å². The maximum Gasteiger partial charge on any atom is 0.255 e. The summed E-state index contributed by atoms with van der Waals surface area (Å²) in [6.07, 6.45) is 3.48. The quantitative estimate of drug-likeness (QED) is 0.807. The summed E-state index contributed by atoms with van der Waals surface area (Å²) < 4.78 is 16.9. The number of carbonyl (C=O) groups excluding carboxylic acids is 1. The summed E-state index contributed by atoms with van der Waals surface area (Å²) in [6, 6.07) is 6.89. The fraction of sp³-hybridized carbons (Fsp3) is 0.333. The summed E-state index contributed by atoms with van der Waals surface area (Å²) in [4.78, 5) is 15.4. The second-order valence-electron chi connectivity index (χ2n) is 4.84. The van der Waals surface area contributed by atoms with Crippen LogP contribution in [0.15, 0.2) is 36.7 Å². The fourth-order valence-electron chi connectivity index (χ4n) is 2.19. The Balaban J connectivity index is 2.36. The van der Waals surface area contributed by atoms with Gasteiger partial charge in [-0.1, -0.05) is 0 Å². The highest BCUT2D eigenvalue weighted by atomic mass is 16.5. The zero-order valence-corrected chi connectivity index (χ0v) is 14.2. The van der Waals surface area contributed by atoms with Crippen molar-refractivity contribution in [3.8, 4) is 17.2 Å². The second kappa shape index (κ2) is 8.76. The minimum atomic E-state index is -0.244. The predicted octanol–water partition coefficient (Wildman–Crippen LogP) is 2.95. The van der Waals surface area contributed by atoms with Gasteiger partial charge in [0.05, 0.1) is 25.5 Å². The van der Waals surface area contributed by atoms with E-state index in [4.69, 9.17) is 14.2 Å². The smallest absolute Gasteiger partial charge is 0.255 e. The molecule has 0 bridgehead atoms. The van der Waals surface area contributed by atoms with E-state index in [2.05, 4.69) is 10.3 Å². The van der Waals surface area contributed by atoms with E-state index < -0.39 is 0 Å². The van der Waals surface area contributed by atoms with Crippen molar-refractivity contribution in [3.63, 3.8) is 0 Å². The number of nitrogens with one attached hydrogen (secondary N) is 2. The van der Waals surface area contributed by atoms with Crippen molar-refractivity contribution in [3.05, 3.63) is 42.2 Å². The number of aromatic nitrogens is 1. The molecule has 0 saturated heterocycles. The monoisotopic (exact) mass is 331 g/mol. The Morgan fingerprint density at radius 1 is 0.958 bits per heavy atom. The topological polar surface area (TPSA) is 70.9 Å². The van der Waals surface area contributed by atoms with Crippen molar-refractivity contribution < 1.29 is 24.0 Å². The third-order valence-electron chi connectivity index (χ3n) is 3.15. The molecule has 1 amide bonds. The van der Waals surface area contributed by atoms with E-state index >= 15 is 0 Å². The molecule has 0 atom stereocenters. The Morgan fingerprint density at radius 3 is 2.00 bits per heavy atom. The Bertz CT molecular complexity index is 647. The molecule has 0 unspecified atom stereocenters. The van der Waals surface area contributed by atoms with Gasteiger partial charge in [0, 0.05) is 17.7 Å². The Morgan fingerprint density at radius 2 is 1.50 bits per heavy atom. The Kier molecular flexibility index (Phi) is 6.42. The molecule has 0 aliphatic heterocycles. The number of benzene rings is 1. The fourth-order valence-corrected chi connectivity index (χ4v) is 2.19. The van der Waals surface area contributed by atoms with Crippen LogP contribution in [-0.2, 0) is 0 Å². The molecule has 128 valence electrons. The molecule has 24 heavy (non-hydrogen) atoms. The maximum absolute atomic E-state index is 12.5. The highest BCUT2D eigenvalue weighted by Gasteiger charge is 2.18. The van der Waals surface area contributed by atoms with E-state index in [1.54, 1.807) is 36.7 Å². The van der Waals surface area contributed by atoms with Crippen LogP contribution in [0.4, 0.5) is 5.69 Å². The van der Waals surface area contributed by atoms with Gasteiger partial charge in [-0.3, -0.25) is 4.79 Å². The van der Waals surface area contributed by atoms with Crippen molar-refractivity contribution in [1.82, 2.24) is 0 Å². The van der Waals surface area contributed by atoms with Gasteiger partial charge in [-0.2, -0.15) is 0 Å². The van der Waals surface area contributed by atoms with Crippen LogP contribution in [0.25, 0.3) is 0 Å². The number of H-pyrrole nitrogens is 1. The number of carbonyl (C=O) groups is 1. The third kappa shape index (κ3) is 4.38. The molecule has 6 nitrogen and oxygen atoms in total. The summed E-state index contributed by atoms with van der Waals surface area (Å²) >= 11 is 0. The number of rotatable bonds is 8. The Hall–Kier alpha value is -2.76. The standard InChI is InChI=1S/C18H22N2O4/c1-4-22-15-11-13(12-16(23-5-2)17(15)24-6-3)18(21)20-14-7-9-19-10-8-14/h7-12H,4-6H2,1-3H3,(H,19,20,21)/p+1. The molecule has 0 aliphatic rings. The van der Waals surface area contributed by atoms with Gasteiger partial charge in [-0.05, 0) is 32.9 Å². The number of hydrogen-bond acceptors (Lipinski definition) is 4. The van der Waals surface area contributed by atoms with Crippen LogP contribution in [0, 0.1) is 0 Å². The summed E-state index contributed by atoms with van der Waals surface area (Å²) in [5.74, 6) is 1.27. The van der Waals surface area contributed by atoms with E-state index in [-0.39, 0.29) is 5.91 Å². The second-order valence-corrected chi connectivity index (χ2v) is 4.84. The minimum absolute atomic E-state index is 0.244. The predicted molar refractivity (Wildman–Crippen MR) is 90.9 cm³/mol. The first-order chi connectivity index (χ1) is 11.7. The van der Waals surface area contributed by atoms with Crippen molar-refractivity contribution in [2.45, 2.75) is 20.8 Å². The number of amides is 1. The van der Waals surface area contributed by atoms with E-state index in [1.807, 2.05) is 20.8 Å². The summed E-state index contributed by atoms with van der Waals surface area (Å²) in [5.41, 5.74) is 1.14. The zero-order chi connectivity index (χ0) is 17.4. The van der Waals surface area contributed by atoms with Crippen LogP contribution >= 0.6 is 0 Å². The largest absolute Gasteiger partial charge is 0.490 e. The van der Waals surface area contributed by atoms with Crippen molar-refractivity contribution in [2.75, 3.05) is 25.1 Å². The number of anilines is 1. The molecule has 1 heterocycles. The van der Waals surface area contributed by atoms with Crippen molar-refractivity contribution >= 4 is 11.6 Å². The maximum atomic E-state index is 12.5. The molecule has 2 rings (SSSR count). The highest BCUT2D eigenvalue weighted by molar-refractivity contribution is 6.05. The summed E-state index contributed by atoms with van der Waals surface area (Å²) in [5, 5.41) is 2.84. The molecule has 6 heteroatoms. The van der Waals surface area contributed by atoms with Gasteiger partial charge < -0.3 is 19.5 Å². The van der Waals surface area contributed by atoms with Crippen LogP contribution in [0.2, 0.25) is 0 Å². The number of pyridine rings is 1. The first-order valence-corrected chi connectivity index (χ1v) is 8.03. The van der Waals surface area contributed by atoms with Gasteiger partial charge in [-0.25, -0.2) is 4.98 Å². The third-order valence-corrected chi connectivity index (χ3v) is 3.15. The number of ether oxygens (including phenoxy) is 3. The molecule has 1 aromatic heterocycles. The van der Waals surface area contributed by atoms with Crippen molar-refractivity contribution in [2.24, 2.45) is 0 Å². The molecule has 2 N–H and O–H groups in total. The van der Waals surface area contributed by atoms with E-state index in [1.165, 1.54) is 0 Å². The highest BCUT2D eigenvalue weighted by Crippen LogP contribution is 2.39. The lowest BCUT2D eigenvalue weighted by molar-refractivity contribution is -0.377. The van der Waals surface area contributed by atoms with Crippen LogP contribution in [-0.4, -0.2) is 25.7 Å². The molecule has 0 saturated carbocycles. The van der Waals surface area contributed by atoms with Gasteiger partial charge in [-0.15, -0.1) is 0 Å². The zero-order valence-electron chi connectivity index (χ0n) is 14.2. The van der Waals surface area contributed by atoms with Crippen LogP contribution in [0.1, 0.15) is 31.1 Å². The average molecular weight is 331 g/mol. The molecule has 0 aliphatic carbocycles. The first-order valence-electron chi connectivity index (χ1n) is 8.03. The molecule has 2 aromatic rings. The minimum Gasteiger partial charge on any atom is -0.490 e. The normalized spacial score (nSPS) is 10.1. The number of aromatic amines is 1. The number of hydrogen-bond donors (Lipinski definition) is 1. The van der Waals surface area contributed by atoms with E-state index in [0.717, 1.165) is 0 Å². The average Bonchev–Trinajstić information content (AvgIpc) is 2.58. The molecule has 0 fully saturated rings. The van der Waals surface area contributed by atoms with Gasteiger partial charge in [0.2, 0.25) is 5.75 Å². The van der Waals surface area contributed by atoms with Gasteiger partial charge in [0.25, 0.3) is 5.91 Å².